The normalized spacial score (nSPS) is 12.3. The molecule has 0 aliphatic carbocycles. The zero-order valence-corrected chi connectivity index (χ0v) is 20.3. The Balaban J connectivity index is 1.65. The third-order valence-corrected chi connectivity index (χ3v) is 8.64. The predicted octanol–water partition coefficient (Wildman–Crippen LogP) is 3.94. The summed E-state index contributed by atoms with van der Waals surface area (Å²) in [5.41, 5.74) is 1.60. The number of nitrogens with zero attached hydrogens (tertiary/aromatic N) is 6. The predicted molar refractivity (Wildman–Crippen MR) is 125 cm³/mol. The quantitative estimate of drug-likeness (QED) is 0.358. The lowest BCUT2D eigenvalue weighted by molar-refractivity contribution is 0.521. The number of imidazole rings is 1. The Morgan fingerprint density at radius 2 is 1.87 bits per heavy atom. The van der Waals surface area contributed by atoms with Gasteiger partial charge in [0.2, 0.25) is 10.0 Å². The van der Waals surface area contributed by atoms with Crippen molar-refractivity contribution in [3.8, 4) is 10.7 Å². The van der Waals surface area contributed by atoms with Gasteiger partial charge in [0.15, 0.2) is 11.0 Å². The van der Waals surface area contributed by atoms with Crippen molar-refractivity contribution in [2.75, 3.05) is 14.1 Å². The molecule has 164 valence electrons. The molecule has 3 aromatic heterocycles. The fraction of sp³-hybridized carbons (Fsp3) is 0.350. The average molecular weight is 477 g/mol. The Hall–Kier alpha value is -2.21. The lowest BCUT2D eigenvalue weighted by Gasteiger charge is -2.11. The van der Waals surface area contributed by atoms with Crippen LogP contribution in [-0.2, 0) is 28.9 Å². The van der Waals surface area contributed by atoms with Crippen LogP contribution < -0.4 is 0 Å². The molecule has 31 heavy (non-hydrogen) atoms. The maximum atomic E-state index is 12.5. The van der Waals surface area contributed by atoms with Gasteiger partial charge in [-0.25, -0.2) is 17.7 Å². The number of aryl methyl sites for hydroxylation is 1. The van der Waals surface area contributed by atoms with E-state index in [1.807, 2.05) is 23.6 Å². The average Bonchev–Trinajstić information content (AvgIpc) is 3.48. The zero-order chi connectivity index (χ0) is 22.2. The molecule has 4 rings (SSSR count). The molecule has 0 amide bonds. The highest BCUT2D eigenvalue weighted by atomic mass is 32.2. The van der Waals surface area contributed by atoms with Crippen LogP contribution >= 0.6 is 23.1 Å². The molecule has 0 saturated heterocycles. The van der Waals surface area contributed by atoms with Gasteiger partial charge in [-0.15, -0.1) is 21.5 Å². The van der Waals surface area contributed by atoms with E-state index in [0.29, 0.717) is 11.3 Å². The third kappa shape index (κ3) is 4.02. The first-order valence-corrected chi connectivity index (χ1v) is 13.2. The van der Waals surface area contributed by atoms with Gasteiger partial charge in [-0.1, -0.05) is 17.8 Å². The molecule has 0 bridgehead atoms. The van der Waals surface area contributed by atoms with Crippen molar-refractivity contribution in [3.05, 3.63) is 41.5 Å². The first kappa shape index (κ1) is 22.0. The Kier molecular flexibility index (Phi) is 6.20. The molecule has 0 atom stereocenters. The molecule has 0 saturated carbocycles. The van der Waals surface area contributed by atoms with Crippen LogP contribution in [0.3, 0.4) is 0 Å². The Bertz CT molecular complexity index is 1310. The van der Waals surface area contributed by atoms with Crippen molar-refractivity contribution in [1.82, 2.24) is 28.6 Å². The fourth-order valence-electron chi connectivity index (χ4n) is 3.39. The lowest BCUT2D eigenvalue weighted by Crippen LogP contribution is -2.22. The minimum atomic E-state index is -3.50. The summed E-state index contributed by atoms with van der Waals surface area (Å²) < 4.78 is 30.4. The molecule has 0 N–H and O–H groups in total. The summed E-state index contributed by atoms with van der Waals surface area (Å²) in [6.45, 7) is 5.66. The van der Waals surface area contributed by atoms with Gasteiger partial charge < -0.3 is 9.13 Å². The third-order valence-electron chi connectivity index (χ3n) is 5.00. The van der Waals surface area contributed by atoms with Crippen LogP contribution in [0.25, 0.3) is 21.7 Å². The van der Waals surface area contributed by atoms with Gasteiger partial charge in [0.25, 0.3) is 0 Å². The van der Waals surface area contributed by atoms with Crippen molar-refractivity contribution in [1.29, 1.82) is 0 Å². The van der Waals surface area contributed by atoms with Gasteiger partial charge >= 0.3 is 0 Å². The summed E-state index contributed by atoms with van der Waals surface area (Å²) in [6.07, 6.45) is 0. The molecule has 0 unspecified atom stereocenters. The summed E-state index contributed by atoms with van der Waals surface area (Å²) in [4.78, 5) is 6.09. The van der Waals surface area contributed by atoms with Crippen LogP contribution in [0.15, 0.2) is 45.8 Å². The van der Waals surface area contributed by atoms with Crippen LogP contribution in [0.2, 0.25) is 0 Å². The Morgan fingerprint density at radius 3 is 2.52 bits per heavy atom. The molecule has 8 nitrogen and oxygen atoms in total. The van der Waals surface area contributed by atoms with E-state index in [2.05, 4.69) is 33.2 Å². The minimum absolute atomic E-state index is 0.247. The number of thiophene rings is 1. The zero-order valence-electron chi connectivity index (χ0n) is 17.8. The number of fused-ring (bicyclic) bond motifs is 1. The summed E-state index contributed by atoms with van der Waals surface area (Å²) in [6, 6.07) is 9.18. The Morgan fingerprint density at radius 1 is 1.10 bits per heavy atom. The number of rotatable bonds is 8. The maximum absolute atomic E-state index is 12.5. The van der Waals surface area contributed by atoms with Gasteiger partial charge in [0, 0.05) is 27.2 Å². The SMILES string of the molecule is CCn1c(SCc2nc3cc(S(=O)(=O)N(C)C)ccc3n2CC)nnc1-c1cccs1. The molecular formula is C20H24N6O2S3. The first-order valence-electron chi connectivity index (χ1n) is 9.88. The smallest absolute Gasteiger partial charge is 0.242 e. The van der Waals surface area contributed by atoms with Crippen molar-refractivity contribution in [2.24, 2.45) is 0 Å². The summed E-state index contributed by atoms with van der Waals surface area (Å²) in [5, 5.41) is 11.7. The fourth-order valence-corrected chi connectivity index (χ4v) is 5.98. The molecule has 0 aliphatic heterocycles. The molecule has 0 aliphatic rings. The van der Waals surface area contributed by atoms with Crippen molar-refractivity contribution in [2.45, 2.75) is 42.7 Å². The molecule has 0 radical (unpaired) electrons. The molecular weight excluding hydrogens is 452 g/mol. The number of thioether (sulfide) groups is 1. The molecule has 4 aromatic rings. The molecule has 0 fully saturated rings. The second-order valence-corrected chi connectivity index (χ2v) is 11.1. The van der Waals surface area contributed by atoms with Crippen LogP contribution in [0.1, 0.15) is 19.7 Å². The van der Waals surface area contributed by atoms with E-state index >= 15 is 0 Å². The summed E-state index contributed by atoms with van der Waals surface area (Å²) >= 11 is 3.23. The molecule has 0 spiro atoms. The van der Waals surface area contributed by atoms with Crippen LogP contribution in [-0.4, -0.2) is 51.1 Å². The highest BCUT2D eigenvalue weighted by Gasteiger charge is 2.20. The van der Waals surface area contributed by atoms with E-state index in [0.717, 1.165) is 40.3 Å². The van der Waals surface area contributed by atoms with Gasteiger partial charge in [-0.05, 0) is 43.5 Å². The van der Waals surface area contributed by atoms with Gasteiger partial charge in [0.05, 0.1) is 26.6 Å². The topological polar surface area (TPSA) is 85.9 Å². The number of hydrogen-bond donors (Lipinski definition) is 0. The van der Waals surface area contributed by atoms with Crippen LogP contribution in [0.4, 0.5) is 0 Å². The minimum Gasteiger partial charge on any atom is -0.328 e. The van der Waals surface area contributed by atoms with E-state index in [4.69, 9.17) is 4.98 Å². The number of sulfonamides is 1. The van der Waals surface area contributed by atoms with E-state index in [9.17, 15) is 8.42 Å². The Labute approximate surface area is 190 Å². The summed E-state index contributed by atoms with van der Waals surface area (Å²) in [5.74, 6) is 2.37. The van der Waals surface area contributed by atoms with E-state index in [1.54, 1.807) is 35.2 Å². The van der Waals surface area contributed by atoms with E-state index in [1.165, 1.54) is 18.4 Å². The lowest BCUT2D eigenvalue weighted by atomic mass is 10.3. The monoisotopic (exact) mass is 476 g/mol. The van der Waals surface area contributed by atoms with Gasteiger partial charge in [-0.2, -0.15) is 0 Å². The van der Waals surface area contributed by atoms with Gasteiger partial charge in [-0.3, -0.25) is 0 Å². The van der Waals surface area contributed by atoms with E-state index < -0.39 is 10.0 Å². The molecule has 3 heterocycles. The molecule has 1 aromatic carbocycles. The van der Waals surface area contributed by atoms with Crippen molar-refractivity contribution in [3.63, 3.8) is 0 Å². The first-order chi connectivity index (χ1) is 14.9. The number of aromatic nitrogens is 5. The highest BCUT2D eigenvalue weighted by molar-refractivity contribution is 7.98. The summed E-state index contributed by atoms with van der Waals surface area (Å²) in [7, 11) is -0.447. The van der Waals surface area contributed by atoms with Crippen LogP contribution in [0, 0.1) is 0 Å². The standard InChI is InChI=1S/C20H24N6O2S3/c1-5-25-16-10-9-14(31(27,28)24(3)4)12-15(16)21-18(25)13-30-20-23-22-19(26(20)6-2)17-8-7-11-29-17/h7-12H,5-6,13H2,1-4H3. The number of benzene rings is 1. The second kappa shape index (κ2) is 8.73. The van der Waals surface area contributed by atoms with Crippen LogP contribution in [0.5, 0.6) is 0 Å². The largest absolute Gasteiger partial charge is 0.328 e. The second-order valence-electron chi connectivity index (χ2n) is 7.03. The van der Waals surface area contributed by atoms with Crippen molar-refractivity contribution >= 4 is 44.2 Å². The molecule has 11 heteroatoms. The highest BCUT2D eigenvalue weighted by Crippen LogP contribution is 2.30. The van der Waals surface area contributed by atoms with Crippen molar-refractivity contribution < 1.29 is 8.42 Å². The van der Waals surface area contributed by atoms with E-state index in [-0.39, 0.29) is 4.90 Å². The number of hydrogen-bond acceptors (Lipinski definition) is 7. The van der Waals surface area contributed by atoms with Gasteiger partial charge in [0.1, 0.15) is 5.82 Å². The maximum Gasteiger partial charge on any atom is 0.242 e.